The zero-order valence-electron chi connectivity index (χ0n) is 15.5. The molecule has 25 heavy (non-hydrogen) atoms. The summed E-state index contributed by atoms with van der Waals surface area (Å²) in [5.41, 5.74) is -0.361. The second kappa shape index (κ2) is 7.97. The maximum atomic E-state index is 12.5. The normalized spacial score (nSPS) is 12.3. The summed E-state index contributed by atoms with van der Waals surface area (Å²) in [5.74, 6) is -1.18. The number of rotatable bonds is 6. The molecule has 0 bridgehead atoms. The predicted octanol–water partition coefficient (Wildman–Crippen LogP) is 1.79. The van der Waals surface area contributed by atoms with Gasteiger partial charge in [0.2, 0.25) is 10.0 Å². The Bertz CT molecular complexity index is 736. The molecule has 0 fully saturated rings. The van der Waals surface area contributed by atoms with E-state index in [4.69, 9.17) is 4.74 Å². The number of hydrogen-bond acceptors (Lipinski definition) is 5. The highest BCUT2D eigenvalue weighted by molar-refractivity contribution is 7.89. The summed E-state index contributed by atoms with van der Waals surface area (Å²) in [5, 5.41) is 2.67. The van der Waals surface area contributed by atoms with Crippen molar-refractivity contribution in [1.82, 2.24) is 9.62 Å². The Morgan fingerprint density at radius 3 is 2.36 bits per heavy atom. The summed E-state index contributed by atoms with van der Waals surface area (Å²) in [4.78, 5) is 23.8. The summed E-state index contributed by atoms with van der Waals surface area (Å²) < 4.78 is 31.1. The van der Waals surface area contributed by atoms with E-state index in [9.17, 15) is 18.0 Å². The fraction of sp³-hybridized carbons (Fsp3) is 0.529. The molecule has 0 aliphatic rings. The molecule has 7 nitrogen and oxygen atoms in total. The standard InChI is InChI=1S/C17H26N2O5S/c1-12(2)19(6)25(22,23)14-9-7-8-13(10-14)16(21)24-11-15(20)18-17(3,4)5/h7-10,12H,11H2,1-6H3,(H,18,20). The molecule has 1 aromatic rings. The summed E-state index contributed by atoms with van der Waals surface area (Å²) in [6.45, 7) is 8.51. The molecule has 0 saturated heterocycles. The first kappa shape index (κ1) is 21.1. The maximum Gasteiger partial charge on any atom is 0.338 e. The van der Waals surface area contributed by atoms with Crippen LogP contribution in [-0.4, -0.2) is 49.8 Å². The molecule has 1 rings (SSSR count). The summed E-state index contributed by atoms with van der Waals surface area (Å²) in [7, 11) is -2.23. The molecule has 0 aliphatic heterocycles. The third-order valence-electron chi connectivity index (χ3n) is 3.32. The minimum absolute atomic E-state index is 0.00251. The van der Waals surface area contributed by atoms with Gasteiger partial charge in [0.15, 0.2) is 6.61 Å². The molecule has 0 radical (unpaired) electrons. The Hall–Kier alpha value is -1.93. The van der Waals surface area contributed by atoms with Gasteiger partial charge in [-0.05, 0) is 52.8 Å². The van der Waals surface area contributed by atoms with Crippen LogP contribution in [0.3, 0.4) is 0 Å². The van der Waals surface area contributed by atoms with Crippen LogP contribution in [0.15, 0.2) is 29.2 Å². The van der Waals surface area contributed by atoms with Gasteiger partial charge in [0, 0.05) is 18.6 Å². The largest absolute Gasteiger partial charge is 0.452 e. The van der Waals surface area contributed by atoms with E-state index in [0.29, 0.717) is 0 Å². The van der Waals surface area contributed by atoms with Gasteiger partial charge in [-0.3, -0.25) is 4.79 Å². The first-order valence-electron chi connectivity index (χ1n) is 7.91. The Morgan fingerprint density at radius 2 is 1.84 bits per heavy atom. The van der Waals surface area contributed by atoms with Crippen LogP contribution in [-0.2, 0) is 19.6 Å². The maximum absolute atomic E-state index is 12.5. The first-order valence-corrected chi connectivity index (χ1v) is 9.35. The third kappa shape index (κ3) is 6.13. The van der Waals surface area contributed by atoms with Gasteiger partial charge in [0.05, 0.1) is 10.5 Å². The Morgan fingerprint density at radius 1 is 1.24 bits per heavy atom. The molecule has 140 valence electrons. The average Bonchev–Trinajstić information content (AvgIpc) is 2.50. The van der Waals surface area contributed by atoms with Gasteiger partial charge in [0.25, 0.3) is 5.91 Å². The van der Waals surface area contributed by atoms with E-state index in [1.807, 2.05) is 20.8 Å². The van der Waals surface area contributed by atoms with Crippen molar-refractivity contribution in [2.24, 2.45) is 0 Å². The fourth-order valence-electron chi connectivity index (χ4n) is 1.90. The van der Waals surface area contributed by atoms with Gasteiger partial charge in [-0.1, -0.05) is 6.07 Å². The summed E-state index contributed by atoms with van der Waals surface area (Å²) in [6.07, 6.45) is 0. The summed E-state index contributed by atoms with van der Waals surface area (Å²) in [6, 6.07) is 5.35. The van der Waals surface area contributed by atoms with Crippen LogP contribution in [0.25, 0.3) is 0 Å². The van der Waals surface area contributed by atoms with Crippen molar-refractivity contribution < 1.29 is 22.7 Å². The highest BCUT2D eigenvalue weighted by atomic mass is 32.2. The van der Waals surface area contributed by atoms with Gasteiger partial charge in [-0.25, -0.2) is 13.2 Å². The van der Waals surface area contributed by atoms with Crippen LogP contribution in [0.1, 0.15) is 45.0 Å². The highest BCUT2D eigenvalue weighted by Gasteiger charge is 2.24. The van der Waals surface area contributed by atoms with Crippen LogP contribution in [0.2, 0.25) is 0 Å². The van der Waals surface area contributed by atoms with E-state index in [-0.39, 0.29) is 16.5 Å². The van der Waals surface area contributed by atoms with E-state index in [1.54, 1.807) is 13.8 Å². The topological polar surface area (TPSA) is 92.8 Å². The van der Waals surface area contributed by atoms with E-state index < -0.39 is 34.0 Å². The second-order valence-corrected chi connectivity index (χ2v) is 9.01. The van der Waals surface area contributed by atoms with Crippen molar-refractivity contribution in [3.05, 3.63) is 29.8 Å². The van der Waals surface area contributed by atoms with Crippen molar-refractivity contribution in [3.63, 3.8) is 0 Å². The molecule has 0 atom stereocenters. The molecule has 1 N–H and O–H groups in total. The van der Waals surface area contributed by atoms with Gasteiger partial charge >= 0.3 is 5.97 Å². The molecule has 0 aromatic heterocycles. The number of carbonyl (C=O) groups excluding carboxylic acids is 2. The van der Waals surface area contributed by atoms with E-state index >= 15 is 0 Å². The SMILES string of the molecule is CC(C)N(C)S(=O)(=O)c1cccc(C(=O)OCC(=O)NC(C)(C)C)c1. The van der Waals surface area contributed by atoms with Crippen LogP contribution in [0, 0.1) is 0 Å². The zero-order chi connectivity index (χ0) is 19.4. The van der Waals surface area contributed by atoms with E-state index in [0.717, 1.165) is 0 Å². The number of sulfonamides is 1. The van der Waals surface area contributed by atoms with Gasteiger partial charge < -0.3 is 10.1 Å². The van der Waals surface area contributed by atoms with Crippen LogP contribution in [0.4, 0.5) is 0 Å². The molecule has 0 saturated carbocycles. The lowest BCUT2D eigenvalue weighted by atomic mass is 10.1. The number of nitrogens with zero attached hydrogens (tertiary/aromatic N) is 1. The molecule has 1 amide bonds. The third-order valence-corrected chi connectivity index (χ3v) is 5.35. The summed E-state index contributed by atoms with van der Waals surface area (Å²) >= 11 is 0. The van der Waals surface area contributed by atoms with Gasteiger partial charge in [-0.15, -0.1) is 0 Å². The highest BCUT2D eigenvalue weighted by Crippen LogP contribution is 2.18. The average molecular weight is 370 g/mol. The van der Waals surface area contributed by atoms with Crippen molar-refractivity contribution in [2.45, 2.75) is 51.1 Å². The van der Waals surface area contributed by atoms with E-state index in [1.165, 1.54) is 35.6 Å². The number of benzene rings is 1. The minimum Gasteiger partial charge on any atom is -0.452 e. The monoisotopic (exact) mass is 370 g/mol. The molecule has 0 heterocycles. The molecular weight excluding hydrogens is 344 g/mol. The van der Waals surface area contributed by atoms with Crippen LogP contribution in [0.5, 0.6) is 0 Å². The van der Waals surface area contributed by atoms with Crippen molar-refractivity contribution in [1.29, 1.82) is 0 Å². The number of carbonyl (C=O) groups is 2. The van der Waals surface area contributed by atoms with Crippen LogP contribution >= 0.6 is 0 Å². The Labute approximate surface area is 149 Å². The number of esters is 1. The van der Waals surface area contributed by atoms with Gasteiger partial charge in [-0.2, -0.15) is 4.31 Å². The molecule has 8 heteroatoms. The lowest BCUT2D eigenvalue weighted by molar-refractivity contribution is -0.125. The lowest BCUT2D eigenvalue weighted by Crippen LogP contribution is -2.42. The van der Waals surface area contributed by atoms with E-state index in [2.05, 4.69) is 5.32 Å². The smallest absolute Gasteiger partial charge is 0.338 e. The molecule has 1 aromatic carbocycles. The number of amides is 1. The first-order chi connectivity index (χ1) is 11.3. The van der Waals surface area contributed by atoms with Gasteiger partial charge in [0.1, 0.15) is 0 Å². The number of nitrogens with one attached hydrogen (secondary N) is 1. The molecule has 0 aliphatic carbocycles. The van der Waals surface area contributed by atoms with Crippen molar-refractivity contribution in [3.8, 4) is 0 Å². The molecule has 0 unspecified atom stereocenters. The predicted molar refractivity (Wildman–Crippen MR) is 94.7 cm³/mol. The van der Waals surface area contributed by atoms with Crippen molar-refractivity contribution in [2.75, 3.05) is 13.7 Å². The lowest BCUT2D eigenvalue weighted by Gasteiger charge is -2.21. The van der Waals surface area contributed by atoms with Crippen molar-refractivity contribution >= 4 is 21.9 Å². The Balaban J connectivity index is 2.88. The minimum atomic E-state index is -3.70. The Kier molecular flexibility index (Phi) is 6.73. The molecule has 0 spiro atoms. The van der Waals surface area contributed by atoms with Crippen LogP contribution < -0.4 is 5.32 Å². The quantitative estimate of drug-likeness (QED) is 0.771. The second-order valence-electron chi connectivity index (χ2n) is 7.02. The fourth-order valence-corrected chi connectivity index (χ4v) is 3.31. The number of ether oxygens (including phenoxy) is 1. The number of hydrogen-bond donors (Lipinski definition) is 1. The zero-order valence-corrected chi connectivity index (χ0v) is 16.3. The molecular formula is C17H26N2O5S.